The second-order valence-corrected chi connectivity index (χ2v) is 8.55. The van der Waals surface area contributed by atoms with Crippen molar-refractivity contribution < 1.29 is 8.42 Å². The number of hydrogen-bond donors (Lipinski definition) is 2. The standard InChI is InChI=1S/C16H26N2O2S/c1-16(2)11-4-5-13(10-12-16)18-14-6-8-15(9-7-14)21(19,20)17-3/h6-9,13,17-18H,4-5,10-12H2,1-3H3. The number of anilines is 1. The second kappa shape index (κ2) is 6.36. The molecule has 0 radical (unpaired) electrons. The first-order valence-electron chi connectivity index (χ1n) is 7.63. The summed E-state index contributed by atoms with van der Waals surface area (Å²) in [7, 11) is -1.92. The quantitative estimate of drug-likeness (QED) is 0.838. The van der Waals surface area contributed by atoms with Crippen LogP contribution in [0.1, 0.15) is 46.0 Å². The summed E-state index contributed by atoms with van der Waals surface area (Å²) in [5.41, 5.74) is 1.44. The Balaban J connectivity index is 2.01. The van der Waals surface area contributed by atoms with Crippen molar-refractivity contribution in [1.82, 2.24) is 4.72 Å². The molecule has 0 bridgehead atoms. The summed E-state index contributed by atoms with van der Waals surface area (Å²) in [4.78, 5) is 0.303. The molecule has 1 atom stereocenters. The van der Waals surface area contributed by atoms with Crippen LogP contribution in [0, 0.1) is 5.41 Å². The summed E-state index contributed by atoms with van der Waals surface area (Å²) in [5.74, 6) is 0. The van der Waals surface area contributed by atoms with Gasteiger partial charge in [0, 0.05) is 11.7 Å². The lowest BCUT2D eigenvalue weighted by Gasteiger charge is -2.22. The van der Waals surface area contributed by atoms with Crippen molar-refractivity contribution in [1.29, 1.82) is 0 Å². The van der Waals surface area contributed by atoms with Gasteiger partial charge in [-0.2, -0.15) is 0 Å². The summed E-state index contributed by atoms with van der Waals surface area (Å²) in [5, 5.41) is 3.54. The fourth-order valence-corrected chi connectivity index (χ4v) is 3.62. The van der Waals surface area contributed by atoms with E-state index in [4.69, 9.17) is 0 Å². The van der Waals surface area contributed by atoms with Crippen molar-refractivity contribution in [3.8, 4) is 0 Å². The van der Waals surface area contributed by atoms with Crippen molar-refractivity contribution in [2.75, 3.05) is 12.4 Å². The molecule has 0 saturated heterocycles. The molecule has 1 aromatic rings. The topological polar surface area (TPSA) is 58.2 Å². The normalized spacial score (nSPS) is 22.5. The molecule has 1 unspecified atom stereocenters. The lowest BCUT2D eigenvalue weighted by atomic mass is 9.85. The maximum Gasteiger partial charge on any atom is 0.240 e. The molecule has 0 aromatic heterocycles. The molecule has 4 nitrogen and oxygen atoms in total. The van der Waals surface area contributed by atoms with E-state index < -0.39 is 10.0 Å². The molecule has 1 aliphatic carbocycles. The third kappa shape index (κ3) is 4.45. The van der Waals surface area contributed by atoms with E-state index in [2.05, 4.69) is 23.9 Å². The molecule has 1 aliphatic rings. The van der Waals surface area contributed by atoms with Crippen molar-refractivity contribution >= 4 is 15.7 Å². The van der Waals surface area contributed by atoms with Gasteiger partial charge in [-0.15, -0.1) is 0 Å². The lowest BCUT2D eigenvalue weighted by Crippen LogP contribution is -2.20. The van der Waals surface area contributed by atoms with Gasteiger partial charge < -0.3 is 5.32 Å². The van der Waals surface area contributed by atoms with Crippen LogP contribution < -0.4 is 10.0 Å². The fraction of sp³-hybridized carbons (Fsp3) is 0.625. The van der Waals surface area contributed by atoms with Gasteiger partial charge in [-0.1, -0.05) is 20.3 Å². The Morgan fingerprint density at radius 3 is 2.38 bits per heavy atom. The number of benzene rings is 1. The van der Waals surface area contributed by atoms with Crippen LogP contribution in [0.4, 0.5) is 5.69 Å². The second-order valence-electron chi connectivity index (χ2n) is 6.67. The minimum absolute atomic E-state index is 0.303. The van der Waals surface area contributed by atoms with Crippen LogP contribution in [0.15, 0.2) is 29.2 Å². The highest BCUT2D eigenvalue weighted by Crippen LogP contribution is 2.34. The van der Waals surface area contributed by atoms with E-state index in [9.17, 15) is 8.42 Å². The highest BCUT2D eigenvalue weighted by molar-refractivity contribution is 7.89. The van der Waals surface area contributed by atoms with Gasteiger partial charge in [0.05, 0.1) is 4.90 Å². The van der Waals surface area contributed by atoms with E-state index >= 15 is 0 Å². The SMILES string of the molecule is CNS(=O)(=O)c1ccc(NC2CCCC(C)(C)CC2)cc1. The van der Waals surface area contributed by atoms with E-state index in [0.29, 0.717) is 16.4 Å². The molecule has 1 fully saturated rings. The van der Waals surface area contributed by atoms with Crippen molar-refractivity contribution in [2.24, 2.45) is 5.41 Å². The Morgan fingerprint density at radius 2 is 1.76 bits per heavy atom. The van der Waals surface area contributed by atoms with E-state index in [0.717, 1.165) is 5.69 Å². The third-order valence-corrected chi connectivity index (χ3v) is 5.81. The summed E-state index contributed by atoms with van der Waals surface area (Å²) in [6, 6.07) is 7.47. The van der Waals surface area contributed by atoms with Crippen LogP contribution in [0.3, 0.4) is 0 Å². The van der Waals surface area contributed by atoms with Gasteiger partial charge in [-0.05, 0) is 62.4 Å². The fourth-order valence-electron chi connectivity index (χ4n) is 2.89. The molecule has 0 spiro atoms. The van der Waals surface area contributed by atoms with Crippen molar-refractivity contribution in [3.05, 3.63) is 24.3 Å². The average molecular weight is 310 g/mol. The number of rotatable bonds is 4. The van der Waals surface area contributed by atoms with E-state index in [-0.39, 0.29) is 0 Å². The minimum Gasteiger partial charge on any atom is -0.382 e. The lowest BCUT2D eigenvalue weighted by molar-refractivity contribution is 0.313. The van der Waals surface area contributed by atoms with E-state index in [1.54, 1.807) is 12.1 Å². The Labute approximate surface area is 128 Å². The number of hydrogen-bond acceptors (Lipinski definition) is 3. The summed E-state index contributed by atoms with van der Waals surface area (Å²) in [6.45, 7) is 4.68. The van der Waals surface area contributed by atoms with Gasteiger partial charge in [0.25, 0.3) is 0 Å². The summed E-state index contributed by atoms with van der Waals surface area (Å²) >= 11 is 0. The molecule has 21 heavy (non-hydrogen) atoms. The largest absolute Gasteiger partial charge is 0.382 e. The van der Waals surface area contributed by atoms with Gasteiger partial charge >= 0.3 is 0 Å². The highest BCUT2D eigenvalue weighted by atomic mass is 32.2. The first kappa shape index (κ1) is 16.3. The summed E-state index contributed by atoms with van der Waals surface area (Å²) in [6.07, 6.45) is 6.11. The van der Waals surface area contributed by atoms with Crippen molar-refractivity contribution in [3.63, 3.8) is 0 Å². The van der Waals surface area contributed by atoms with Crippen LogP contribution in [0.2, 0.25) is 0 Å². The Hall–Kier alpha value is -1.07. The Kier molecular flexibility index (Phi) is 4.94. The maximum atomic E-state index is 11.7. The molecule has 2 N–H and O–H groups in total. The smallest absolute Gasteiger partial charge is 0.240 e. The van der Waals surface area contributed by atoms with Gasteiger partial charge in [-0.3, -0.25) is 0 Å². The summed E-state index contributed by atoms with van der Waals surface area (Å²) < 4.78 is 25.7. The molecular formula is C16H26N2O2S. The monoisotopic (exact) mass is 310 g/mol. The van der Waals surface area contributed by atoms with Crippen LogP contribution in [0.25, 0.3) is 0 Å². The zero-order valence-electron chi connectivity index (χ0n) is 13.1. The molecule has 0 amide bonds. The van der Waals surface area contributed by atoms with Gasteiger partial charge in [0.2, 0.25) is 10.0 Å². The van der Waals surface area contributed by atoms with E-state index in [1.807, 2.05) is 12.1 Å². The molecule has 118 valence electrons. The first-order chi connectivity index (χ1) is 9.82. The van der Waals surface area contributed by atoms with Gasteiger partial charge in [0.1, 0.15) is 0 Å². The van der Waals surface area contributed by atoms with Crippen LogP contribution in [0.5, 0.6) is 0 Å². The first-order valence-corrected chi connectivity index (χ1v) is 9.11. The Bertz CT molecular complexity index is 564. The zero-order valence-corrected chi connectivity index (χ0v) is 14.0. The Morgan fingerprint density at radius 1 is 1.10 bits per heavy atom. The molecule has 5 heteroatoms. The number of nitrogens with one attached hydrogen (secondary N) is 2. The van der Waals surface area contributed by atoms with Crippen LogP contribution in [-0.2, 0) is 10.0 Å². The predicted octanol–water partition coefficient (Wildman–Crippen LogP) is 3.37. The maximum absolute atomic E-state index is 11.7. The molecule has 2 rings (SSSR count). The van der Waals surface area contributed by atoms with Crippen LogP contribution in [-0.4, -0.2) is 21.5 Å². The molecular weight excluding hydrogens is 284 g/mol. The average Bonchev–Trinajstić information content (AvgIpc) is 2.61. The molecule has 1 saturated carbocycles. The number of sulfonamides is 1. The molecule has 1 aromatic carbocycles. The zero-order chi connectivity index (χ0) is 15.5. The minimum atomic E-state index is -3.35. The van der Waals surface area contributed by atoms with Crippen molar-refractivity contribution in [2.45, 2.75) is 56.9 Å². The van der Waals surface area contributed by atoms with Crippen LogP contribution >= 0.6 is 0 Å². The highest BCUT2D eigenvalue weighted by Gasteiger charge is 2.24. The predicted molar refractivity (Wildman–Crippen MR) is 87.0 cm³/mol. The molecule has 0 heterocycles. The van der Waals surface area contributed by atoms with Gasteiger partial charge in [0.15, 0.2) is 0 Å². The third-order valence-electron chi connectivity index (χ3n) is 4.38. The molecule has 0 aliphatic heterocycles. The van der Waals surface area contributed by atoms with Gasteiger partial charge in [-0.25, -0.2) is 13.1 Å². The van der Waals surface area contributed by atoms with E-state index in [1.165, 1.54) is 39.2 Å².